The van der Waals surface area contributed by atoms with Gasteiger partial charge in [0, 0.05) is 41.7 Å². The van der Waals surface area contributed by atoms with Gasteiger partial charge < -0.3 is 4.57 Å². The standard InChI is InChI=1S/C19H22N2O3S2/c1-25-16-5-3-14(4-6-16)17-7-8-18-15-9-13(11-21(18)19(17)22)10-20(12-15)26(2,23)24/h3-8,13,15H,9-12H2,1-2H3/t13-,15-/m1/s1. The molecule has 1 aromatic carbocycles. The summed E-state index contributed by atoms with van der Waals surface area (Å²) in [4.78, 5) is 14.3. The normalized spacial score (nSPS) is 22.8. The Morgan fingerprint density at radius 3 is 2.42 bits per heavy atom. The maximum atomic E-state index is 13.1. The highest BCUT2D eigenvalue weighted by molar-refractivity contribution is 7.98. The fourth-order valence-corrected chi connectivity index (χ4v) is 5.50. The van der Waals surface area contributed by atoms with Crippen molar-refractivity contribution in [3.05, 3.63) is 52.4 Å². The fraction of sp³-hybridized carbons (Fsp3) is 0.421. The first-order valence-corrected chi connectivity index (χ1v) is 11.8. The topological polar surface area (TPSA) is 59.4 Å². The van der Waals surface area contributed by atoms with Crippen LogP contribution in [0.2, 0.25) is 0 Å². The molecule has 1 aromatic heterocycles. The van der Waals surface area contributed by atoms with E-state index in [1.54, 1.807) is 16.1 Å². The third kappa shape index (κ3) is 3.12. The fourth-order valence-electron chi connectivity index (χ4n) is 4.16. The third-order valence-electron chi connectivity index (χ3n) is 5.44. The quantitative estimate of drug-likeness (QED) is 0.756. The van der Waals surface area contributed by atoms with E-state index in [-0.39, 0.29) is 17.4 Å². The average molecular weight is 391 g/mol. The minimum absolute atomic E-state index is 0.0295. The van der Waals surface area contributed by atoms with E-state index >= 15 is 0 Å². The second-order valence-electron chi connectivity index (χ2n) is 7.19. The average Bonchev–Trinajstić information content (AvgIpc) is 2.62. The number of nitrogens with zero attached hydrogens (tertiary/aromatic N) is 2. The van der Waals surface area contributed by atoms with Gasteiger partial charge in [-0.25, -0.2) is 12.7 Å². The van der Waals surface area contributed by atoms with Crippen LogP contribution in [0.3, 0.4) is 0 Å². The van der Waals surface area contributed by atoms with Gasteiger partial charge in [-0.3, -0.25) is 4.79 Å². The summed E-state index contributed by atoms with van der Waals surface area (Å²) >= 11 is 1.68. The maximum absolute atomic E-state index is 13.1. The Bertz CT molecular complexity index is 996. The number of pyridine rings is 1. The molecule has 5 nitrogen and oxygen atoms in total. The number of aromatic nitrogens is 1. The van der Waals surface area contributed by atoms with Gasteiger partial charge in [0.1, 0.15) is 0 Å². The summed E-state index contributed by atoms with van der Waals surface area (Å²) in [5, 5.41) is 0. The van der Waals surface area contributed by atoms with Crippen LogP contribution in [0.5, 0.6) is 0 Å². The van der Waals surface area contributed by atoms with Crippen LogP contribution < -0.4 is 5.56 Å². The molecule has 0 spiro atoms. The van der Waals surface area contributed by atoms with Gasteiger partial charge in [0.15, 0.2) is 0 Å². The van der Waals surface area contributed by atoms with E-state index in [0.717, 1.165) is 17.7 Å². The summed E-state index contributed by atoms with van der Waals surface area (Å²) < 4.78 is 27.3. The largest absolute Gasteiger partial charge is 0.311 e. The number of sulfonamides is 1. The van der Waals surface area contributed by atoms with E-state index in [1.165, 1.54) is 11.2 Å². The predicted octanol–water partition coefficient (Wildman–Crippen LogP) is 2.62. The SMILES string of the molecule is CSc1ccc(-c2ccc3n(c2=O)C[C@@H]2C[C@@H]3CN(S(C)(=O)=O)C2)cc1. The second kappa shape index (κ2) is 6.55. The number of fused-ring (bicyclic) bond motifs is 4. The van der Waals surface area contributed by atoms with E-state index in [9.17, 15) is 13.2 Å². The van der Waals surface area contributed by atoms with Crippen molar-refractivity contribution in [3.8, 4) is 11.1 Å². The van der Waals surface area contributed by atoms with Crippen molar-refractivity contribution in [2.75, 3.05) is 25.6 Å². The minimum atomic E-state index is -3.19. The molecule has 0 saturated carbocycles. The lowest BCUT2D eigenvalue weighted by Crippen LogP contribution is -2.48. The zero-order chi connectivity index (χ0) is 18.5. The van der Waals surface area contributed by atoms with Crippen LogP contribution >= 0.6 is 11.8 Å². The number of thioether (sulfide) groups is 1. The van der Waals surface area contributed by atoms with Gasteiger partial charge in [-0.1, -0.05) is 12.1 Å². The zero-order valence-corrected chi connectivity index (χ0v) is 16.5. The van der Waals surface area contributed by atoms with Crippen molar-refractivity contribution in [1.29, 1.82) is 0 Å². The van der Waals surface area contributed by atoms with Gasteiger partial charge in [0.05, 0.1) is 6.26 Å². The molecular weight excluding hydrogens is 368 g/mol. The van der Waals surface area contributed by atoms with Crippen LogP contribution in [0, 0.1) is 5.92 Å². The lowest BCUT2D eigenvalue weighted by molar-refractivity contribution is 0.187. The Hall–Kier alpha value is -1.57. The van der Waals surface area contributed by atoms with Crippen LogP contribution in [-0.4, -0.2) is 42.9 Å². The molecule has 2 aliphatic rings. The molecule has 0 amide bonds. The monoisotopic (exact) mass is 390 g/mol. The lowest BCUT2D eigenvalue weighted by atomic mass is 9.84. The molecule has 3 heterocycles. The summed E-state index contributed by atoms with van der Waals surface area (Å²) in [5.41, 5.74) is 2.63. The molecule has 0 unspecified atom stereocenters. The molecule has 2 bridgehead atoms. The second-order valence-corrected chi connectivity index (χ2v) is 10.1. The van der Waals surface area contributed by atoms with Gasteiger partial charge in [-0.2, -0.15) is 0 Å². The van der Waals surface area contributed by atoms with E-state index in [2.05, 4.69) is 0 Å². The smallest absolute Gasteiger partial charge is 0.258 e. The Kier molecular flexibility index (Phi) is 4.49. The van der Waals surface area contributed by atoms with E-state index in [4.69, 9.17) is 0 Å². The number of rotatable bonds is 3. The molecule has 0 radical (unpaired) electrons. The molecule has 1 fully saturated rings. The first kappa shape index (κ1) is 17.8. The van der Waals surface area contributed by atoms with Crippen molar-refractivity contribution in [1.82, 2.24) is 8.87 Å². The Morgan fingerprint density at radius 1 is 1.04 bits per heavy atom. The molecule has 2 atom stereocenters. The van der Waals surface area contributed by atoms with E-state index in [0.29, 0.717) is 25.2 Å². The predicted molar refractivity (Wildman–Crippen MR) is 105 cm³/mol. The van der Waals surface area contributed by atoms with Crippen LogP contribution in [0.25, 0.3) is 11.1 Å². The van der Waals surface area contributed by atoms with Gasteiger partial charge >= 0.3 is 0 Å². The van der Waals surface area contributed by atoms with E-state index < -0.39 is 10.0 Å². The summed E-state index contributed by atoms with van der Waals surface area (Å²) in [5.74, 6) is 0.292. The third-order valence-corrected chi connectivity index (χ3v) is 7.42. The molecule has 138 valence electrons. The molecule has 0 aliphatic carbocycles. The Morgan fingerprint density at radius 2 is 1.77 bits per heavy atom. The van der Waals surface area contributed by atoms with Gasteiger partial charge in [-0.05, 0) is 48.4 Å². The number of hydrogen-bond acceptors (Lipinski definition) is 4. The van der Waals surface area contributed by atoms with Gasteiger partial charge in [-0.15, -0.1) is 11.8 Å². The van der Waals surface area contributed by atoms with Crippen LogP contribution in [0.15, 0.2) is 46.1 Å². The lowest BCUT2D eigenvalue weighted by Gasteiger charge is -2.41. The van der Waals surface area contributed by atoms with Crippen molar-refractivity contribution in [2.24, 2.45) is 5.92 Å². The highest BCUT2D eigenvalue weighted by Gasteiger charge is 2.37. The molecular formula is C19H22N2O3S2. The van der Waals surface area contributed by atoms with Crippen molar-refractivity contribution in [3.63, 3.8) is 0 Å². The van der Waals surface area contributed by atoms with Crippen molar-refractivity contribution >= 4 is 21.8 Å². The Labute approximate surface area is 158 Å². The zero-order valence-electron chi connectivity index (χ0n) is 14.9. The maximum Gasteiger partial charge on any atom is 0.258 e. The number of benzene rings is 1. The molecule has 7 heteroatoms. The summed E-state index contributed by atoms with van der Waals surface area (Å²) in [7, 11) is -3.19. The molecule has 26 heavy (non-hydrogen) atoms. The molecule has 4 rings (SSSR count). The molecule has 2 aromatic rings. The van der Waals surface area contributed by atoms with Crippen molar-refractivity contribution < 1.29 is 8.42 Å². The first-order chi connectivity index (χ1) is 12.4. The molecule has 1 saturated heterocycles. The van der Waals surface area contributed by atoms with Gasteiger partial charge in [0.25, 0.3) is 5.56 Å². The van der Waals surface area contributed by atoms with Crippen LogP contribution in [0.1, 0.15) is 18.0 Å². The number of hydrogen-bond donors (Lipinski definition) is 0. The summed E-state index contributed by atoms with van der Waals surface area (Å²) in [6, 6.07) is 11.9. The first-order valence-electron chi connectivity index (χ1n) is 8.70. The van der Waals surface area contributed by atoms with Gasteiger partial charge in [0.2, 0.25) is 10.0 Å². The molecule has 2 aliphatic heterocycles. The summed E-state index contributed by atoms with van der Waals surface area (Å²) in [6.45, 7) is 1.57. The summed E-state index contributed by atoms with van der Waals surface area (Å²) in [6.07, 6.45) is 4.25. The Balaban J connectivity index is 1.73. The van der Waals surface area contributed by atoms with E-state index in [1.807, 2.05) is 47.2 Å². The highest BCUT2D eigenvalue weighted by Crippen LogP contribution is 2.36. The van der Waals surface area contributed by atoms with Crippen LogP contribution in [-0.2, 0) is 16.6 Å². The highest BCUT2D eigenvalue weighted by atomic mass is 32.2. The van der Waals surface area contributed by atoms with Crippen molar-refractivity contribution in [2.45, 2.75) is 23.8 Å². The van der Waals surface area contributed by atoms with Crippen LogP contribution in [0.4, 0.5) is 0 Å². The molecule has 0 N–H and O–H groups in total. The minimum Gasteiger partial charge on any atom is -0.311 e. The number of piperidine rings is 1.